The minimum absolute atomic E-state index is 1.02. The highest BCUT2D eigenvalue weighted by atomic mass is 32.1. The Morgan fingerprint density at radius 2 is 1.50 bits per heavy atom. The van der Waals surface area contributed by atoms with Gasteiger partial charge in [-0.2, -0.15) is 0 Å². The lowest BCUT2D eigenvalue weighted by molar-refractivity contribution is 1.01. The van der Waals surface area contributed by atoms with Crippen molar-refractivity contribution in [2.24, 2.45) is 0 Å². The zero-order chi connectivity index (χ0) is 34.2. The minimum atomic E-state index is 1.02. The monoisotopic (exact) mass is 663 g/mol. The summed E-state index contributed by atoms with van der Waals surface area (Å²) in [5.41, 5.74) is 16.4. The van der Waals surface area contributed by atoms with Crippen LogP contribution in [0.3, 0.4) is 0 Å². The molecule has 2 aliphatic carbocycles. The maximum Gasteiger partial charge on any atom is 0.0716 e. The van der Waals surface area contributed by atoms with Crippen molar-refractivity contribution in [3.63, 3.8) is 0 Å². The zero-order valence-electron chi connectivity index (χ0n) is 29.1. The third-order valence-electron chi connectivity index (χ3n) is 10.5. The lowest BCUT2D eigenvalue weighted by Crippen LogP contribution is -1.98. The smallest absolute Gasteiger partial charge is 0.0716 e. The van der Waals surface area contributed by atoms with E-state index in [4.69, 9.17) is 4.98 Å². The van der Waals surface area contributed by atoms with Gasteiger partial charge in [0, 0.05) is 26.9 Å². The van der Waals surface area contributed by atoms with Gasteiger partial charge in [0.05, 0.1) is 5.69 Å². The van der Waals surface area contributed by atoms with E-state index in [9.17, 15) is 0 Å². The molecule has 0 fully saturated rings. The molecule has 1 nitrogen and oxygen atoms in total. The first-order chi connectivity index (χ1) is 24.5. The second-order valence-electron chi connectivity index (χ2n) is 13.5. The fraction of sp³-hybridized carbons (Fsp3) is 0.146. The number of fused-ring (bicyclic) bond motifs is 4. The van der Waals surface area contributed by atoms with E-state index in [1.807, 2.05) is 23.6 Å². The normalized spacial score (nSPS) is 14.9. The zero-order valence-corrected chi connectivity index (χ0v) is 29.9. The molecule has 0 unspecified atom stereocenters. The van der Waals surface area contributed by atoms with E-state index in [0.717, 1.165) is 42.5 Å². The number of nitrogens with zero attached hydrogens (tertiary/aromatic N) is 1. The third kappa shape index (κ3) is 5.74. The van der Waals surface area contributed by atoms with Crippen LogP contribution in [0.2, 0.25) is 0 Å². The van der Waals surface area contributed by atoms with Gasteiger partial charge in [-0.25, -0.2) is 0 Å². The molecule has 244 valence electrons. The molecule has 0 amide bonds. The second kappa shape index (κ2) is 13.5. The fourth-order valence-corrected chi connectivity index (χ4v) is 9.11. The van der Waals surface area contributed by atoms with Crippen LogP contribution >= 0.6 is 11.3 Å². The molecule has 2 heterocycles. The van der Waals surface area contributed by atoms with Crippen LogP contribution in [0, 0.1) is 6.92 Å². The van der Waals surface area contributed by atoms with Crippen LogP contribution < -0.4 is 0 Å². The number of hydrogen-bond acceptors (Lipinski definition) is 2. The molecular formula is C48H41NS. The molecular weight excluding hydrogens is 623 g/mol. The van der Waals surface area contributed by atoms with Gasteiger partial charge in [-0.05, 0) is 130 Å². The van der Waals surface area contributed by atoms with Gasteiger partial charge in [0.1, 0.15) is 0 Å². The molecule has 0 N–H and O–H groups in total. The van der Waals surface area contributed by atoms with Gasteiger partial charge in [-0.15, -0.1) is 11.3 Å². The molecule has 0 aliphatic heterocycles. The first kappa shape index (κ1) is 31.9. The standard InChI is InChI=1S/C48H41NS/c1-5-34(25-24-32(3)36-19-12-20-38(33(36)4)37-15-7-6-14-31(37)2)39-27-28-40(42-17-9-8-16-41(39)42)35-26-29-46(49-30-35)45-22-13-21-44-43-18-10-11-23-47(43)50-48(44)45/h5-6,8-9,11-14,16-17,19-30H,1,7,10,15,18H2,2-4H3/b32-24+,34-25+. The SMILES string of the molecule is C=C/C(=C\C=C(/C)c1cccc(C2=C(C)C=CCC2)c1C)c1ccc(-c2ccc(-c3cccc4c5c(sc34)C=CCC5)nc2)c2ccccc12. The quantitative estimate of drug-likeness (QED) is 0.155. The summed E-state index contributed by atoms with van der Waals surface area (Å²) in [4.78, 5) is 6.43. The Hall–Kier alpha value is -5.31. The summed E-state index contributed by atoms with van der Waals surface area (Å²) in [7, 11) is 0. The highest BCUT2D eigenvalue weighted by Gasteiger charge is 2.17. The van der Waals surface area contributed by atoms with E-state index in [1.165, 1.54) is 81.4 Å². The van der Waals surface area contributed by atoms with Crippen molar-refractivity contribution >= 4 is 55.0 Å². The number of hydrogen-bond donors (Lipinski definition) is 0. The molecule has 50 heavy (non-hydrogen) atoms. The van der Waals surface area contributed by atoms with Crippen molar-refractivity contribution in [2.45, 2.75) is 46.5 Å². The van der Waals surface area contributed by atoms with E-state index < -0.39 is 0 Å². The number of pyridine rings is 1. The van der Waals surface area contributed by atoms with Crippen LogP contribution in [0.25, 0.3) is 66.0 Å². The lowest BCUT2D eigenvalue weighted by atomic mass is 9.87. The first-order valence-corrected chi connectivity index (χ1v) is 18.5. The number of allylic oxidation sites excluding steroid dienone is 10. The van der Waals surface area contributed by atoms with Gasteiger partial charge in [-0.3, -0.25) is 4.98 Å². The van der Waals surface area contributed by atoms with Gasteiger partial charge in [-0.1, -0.05) is 122 Å². The predicted octanol–water partition coefficient (Wildman–Crippen LogP) is 13.8. The largest absolute Gasteiger partial charge is 0.256 e. The number of rotatable bonds is 7. The molecule has 0 radical (unpaired) electrons. The van der Waals surface area contributed by atoms with E-state index >= 15 is 0 Å². The van der Waals surface area contributed by atoms with E-state index in [0.29, 0.717) is 0 Å². The minimum Gasteiger partial charge on any atom is -0.256 e. The second-order valence-corrected chi connectivity index (χ2v) is 14.5. The van der Waals surface area contributed by atoms with Gasteiger partial charge < -0.3 is 0 Å². The van der Waals surface area contributed by atoms with Crippen LogP contribution in [-0.4, -0.2) is 4.98 Å². The van der Waals surface area contributed by atoms with Gasteiger partial charge in [0.2, 0.25) is 0 Å². The van der Waals surface area contributed by atoms with Crippen LogP contribution in [0.1, 0.15) is 65.8 Å². The Kier molecular flexibility index (Phi) is 8.64. The summed E-state index contributed by atoms with van der Waals surface area (Å²) < 4.78 is 1.34. The molecule has 4 aromatic carbocycles. The number of thiophene rings is 1. The third-order valence-corrected chi connectivity index (χ3v) is 11.7. The van der Waals surface area contributed by atoms with Crippen molar-refractivity contribution in [1.82, 2.24) is 4.98 Å². The van der Waals surface area contributed by atoms with Crippen molar-refractivity contribution < 1.29 is 0 Å². The topological polar surface area (TPSA) is 12.9 Å². The Morgan fingerprint density at radius 1 is 0.720 bits per heavy atom. The number of aryl methyl sites for hydroxylation is 1. The summed E-state index contributed by atoms with van der Waals surface area (Å²) in [5, 5.41) is 3.80. The van der Waals surface area contributed by atoms with E-state index in [1.54, 1.807) is 0 Å². The molecule has 2 aliphatic rings. The summed E-state index contributed by atoms with van der Waals surface area (Å²) in [6.07, 6.45) is 22.1. The molecule has 0 bridgehead atoms. The maximum absolute atomic E-state index is 5.03. The molecule has 8 rings (SSSR count). The molecule has 0 atom stereocenters. The van der Waals surface area contributed by atoms with Crippen molar-refractivity contribution in [1.29, 1.82) is 0 Å². The maximum atomic E-state index is 5.03. The Morgan fingerprint density at radius 3 is 2.32 bits per heavy atom. The molecule has 0 saturated carbocycles. The Balaban J connectivity index is 1.13. The van der Waals surface area contributed by atoms with Crippen LogP contribution in [0.4, 0.5) is 0 Å². The highest BCUT2D eigenvalue weighted by molar-refractivity contribution is 7.20. The average Bonchev–Trinajstić information content (AvgIpc) is 3.54. The van der Waals surface area contributed by atoms with Crippen LogP contribution in [0.5, 0.6) is 0 Å². The highest BCUT2D eigenvalue weighted by Crippen LogP contribution is 2.41. The van der Waals surface area contributed by atoms with Crippen LogP contribution in [0.15, 0.2) is 140 Å². The van der Waals surface area contributed by atoms with Crippen molar-refractivity contribution in [3.05, 3.63) is 172 Å². The first-order valence-electron chi connectivity index (χ1n) is 17.7. The fourth-order valence-electron chi connectivity index (χ4n) is 7.81. The summed E-state index contributed by atoms with van der Waals surface area (Å²) in [6.45, 7) is 10.9. The molecule has 0 spiro atoms. The van der Waals surface area contributed by atoms with Gasteiger partial charge in [0.15, 0.2) is 0 Å². The lowest BCUT2D eigenvalue weighted by Gasteiger charge is -2.18. The van der Waals surface area contributed by atoms with Gasteiger partial charge in [0.25, 0.3) is 0 Å². The molecule has 2 aromatic heterocycles. The molecule has 0 saturated heterocycles. The van der Waals surface area contributed by atoms with Crippen molar-refractivity contribution in [3.8, 4) is 22.4 Å². The Labute approximate surface area is 300 Å². The molecule has 6 aromatic rings. The van der Waals surface area contributed by atoms with Crippen LogP contribution in [-0.2, 0) is 6.42 Å². The Bertz CT molecular complexity index is 2460. The summed E-state index contributed by atoms with van der Waals surface area (Å²) >= 11 is 1.89. The number of aromatic nitrogens is 1. The number of benzene rings is 4. The van der Waals surface area contributed by atoms with Crippen molar-refractivity contribution in [2.75, 3.05) is 0 Å². The summed E-state index contributed by atoms with van der Waals surface area (Å²) in [5.74, 6) is 0. The predicted molar refractivity (Wildman–Crippen MR) is 219 cm³/mol. The van der Waals surface area contributed by atoms with E-state index in [-0.39, 0.29) is 0 Å². The van der Waals surface area contributed by atoms with E-state index in [2.05, 4.69) is 149 Å². The summed E-state index contributed by atoms with van der Waals surface area (Å²) in [6, 6.07) is 31.0. The average molecular weight is 664 g/mol. The van der Waals surface area contributed by atoms with Gasteiger partial charge >= 0.3 is 0 Å². The molecule has 2 heteroatoms.